The number of aliphatic hydroxyl groups excluding tert-OH is 1. The lowest BCUT2D eigenvalue weighted by Gasteiger charge is -2.33. The van der Waals surface area contributed by atoms with E-state index in [2.05, 4.69) is 0 Å². The largest absolute Gasteiger partial charge is 0.459 e. The van der Waals surface area contributed by atoms with Gasteiger partial charge in [0, 0.05) is 32.0 Å². The fourth-order valence-electron chi connectivity index (χ4n) is 3.74. The maximum absolute atomic E-state index is 12.9. The van der Waals surface area contributed by atoms with Crippen LogP contribution in [0.2, 0.25) is 0 Å². The summed E-state index contributed by atoms with van der Waals surface area (Å²) in [4.78, 5) is 14.7. The predicted molar refractivity (Wildman–Crippen MR) is 104 cm³/mol. The molecule has 0 unspecified atom stereocenters. The normalized spacial score (nSPS) is 22.4. The number of carbonyl (C=O) groups is 1. The van der Waals surface area contributed by atoms with Crippen LogP contribution >= 0.6 is 0 Å². The van der Waals surface area contributed by atoms with Gasteiger partial charge in [-0.05, 0) is 55.9 Å². The first-order valence-corrected chi connectivity index (χ1v) is 10.5. The van der Waals surface area contributed by atoms with Crippen LogP contribution in [0.5, 0.6) is 0 Å². The highest BCUT2D eigenvalue weighted by atomic mass is 19.4. The zero-order valence-electron chi connectivity index (χ0n) is 16.9. The number of halogens is 3. The predicted octanol–water partition coefficient (Wildman–Crippen LogP) is 4.22. The molecule has 1 amide bonds. The van der Waals surface area contributed by atoms with E-state index in [0.29, 0.717) is 44.5 Å². The van der Waals surface area contributed by atoms with E-state index in [1.165, 1.54) is 12.1 Å². The van der Waals surface area contributed by atoms with Gasteiger partial charge in [0.05, 0.1) is 12.2 Å². The molecule has 0 aromatic heterocycles. The summed E-state index contributed by atoms with van der Waals surface area (Å²) in [5.41, 5.74) is -0.0251. The van der Waals surface area contributed by atoms with Crippen LogP contribution in [0.1, 0.15) is 55.6 Å². The molecule has 1 saturated heterocycles. The van der Waals surface area contributed by atoms with Crippen molar-refractivity contribution >= 4 is 5.91 Å². The lowest BCUT2D eigenvalue weighted by Crippen LogP contribution is -2.39. The van der Waals surface area contributed by atoms with E-state index in [4.69, 9.17) is 14.6 Å². The zero-order valence-corrected chi connectivity index (χ0v) is 16.9. The molecule has 2 heterocycles. The van der Waals surface area contributed by atoms with Crippen molar-refractivity contribution in [1.82, 2.24) is 4.90 Å². The molecule has 30 heavy (non-hydrogen) atoms. The molecule has 3 rings (SSSR count). The van der Waals surface area contributed by atoms with Crippen LogP contribution in [0.15, 0.2) is 36.1 Å². The number of ether oxygens (including phenoxy) is 2. The Morgan fingerprint density at radius 1 is 1.13 bits per heavy atom. The summed E-state index contributed by atoms with van der Waals surface area (Å²) in [5, 5.41) is 8.91. The number of carbonyl (C=O) groups excluding carboxylic acids is 1. The molecule has 0 radical (unpaired) electrons. The molecule has 166 valence electrons. The number of hydrogen-bond donors (Lipinski definition) is 1. The van der Waals surface area contributed by atoms with Gasteiger partial charge < -0.3 is 19.5 Å². The van der Waals surface area contributed by atoms with E-state index in [9.17, 15) is 18.0 Å². The highest BCUT2D eigenvalue weighted by molar-refractivity contribution is 5.91. The number of piperidine rings is 1. The van der Waals surface area contributed by atoms with Crippen molar-refractivity contribution in [1.29, 1.82) is 0 Å². The van der Waals surface area contributed by atoms with Gasteiger partial charge in [0.25, 0.3) is 5.91 Å². The van der Waals surface area contributed by atoms with E-state index in [1.54, 1.807) is 11.0 Å². The van der Waals surface area contributed by atoms with Gasteiger partial charge in [0.2, 0.25) is 6.29 Å². The Balaban J connectivity index is 1.77. The molecule has 8 heteroatoms. The minimum atomic E-state index is -4.39. The maximum Gasteiger partial charge on any atom is 0.416 e. The van der Waals surface area contributed by atoms with Crippen molar-refractivity contribution in [3.8, 4) is 0 Å². The molecular weight excluding hydrogens is 399 g/mol. The fraction of sp³-hybridized carbons (Fsp3) is 0.591. The van der Waals surface area contributed by atoms with Crippen molar-refractivity contribution < 1.29 is 32.5 Å². The van der Waals surface area contributed by atoms with Crippen LogP contribution in [0.4, 0.5) is 13.2 Å². The van der Waals surface area contributed by atoms with E-state index in [-0.39, 0.29) is 24.2 Å². The first kappa shape index (κ1) is 22.6. The number of amides is 1. The average molecular weight is 427 g/mol. The lowest BCUT2D eigenvalue weighted by molar-refractivity contribution is -0.153. The van der Waals surface area contributed by atoms with E-state index in [1.807, 2.05) is 0 Å². The smallest absolute Gasteiger partial charge is 0.416 e. The van der Waals surface area contributed by atoms with Crippen molar-refractivity contribution in [2.24, 2.45) is 0 Å². The summed E-state index contributed by atoms with van der Waals surface area (Å²) in [7, 11) is 0. The van der Waals surface area contributed by atoms with Crippen LogP contribution < -0.4 is 0 Å². The molecule has 0 spiro atoms. The Kier molecular flexibility index (Phi) is 7.77. The third-order valence-electron chi connectivity index (χ3n) is 5.43. The van der Waals surface area contributed by atoms with Crippen LogP contribution in [0.3, 0.4) is 0 Å². The van der Waals surface area contributed by atoms with Gasteiger partial charge in [0.15, 0.2) is 5.76 Å². The second kappa shape index (κ2) is 10.3. The molecule has 5 nitrogen and oxygen atoms in total. The average Bonchev–Trinajstić information content (AvgIpc) is 2.76. The molecule has 0 bridgehead atoms. The van der Waals surface area contributed by atoms with E-state index in [0.717, 1.165) is 31.4 Å². The van der Waals surface area contributed by atoms with Crippen LogP contribution in [-0.4, -0.2) is 48.5 Å². The number of alkyl halides is 3. The van der Waals surface area contributed by atoms with E-state index >= 15 is 0 Å². The number of nitrogens with zero attached hydrogens (tertiary/aromatic N) is 1. The van der Waals surface area contributed by atoms with Crippen LogP contribution in [0.25, 0.3) is 0 Å². The number of benzene rings is 1. The van der Waals surface area contributed by atoms with E-state index < -0.39 is 18.0 Å². The van der Waals surface area contributed by atoms with Gasteiger partial charge >= 0.3 is 6.18 Å². The Hall–Kier alpha value is -2.06. The minimum Gasteiger partial charge on any atom is -0.459 e. The molecule has 2 atom stereocenters. The molecule has 0 aliphatic carbocycles. The number of aliphatic hydroxyl groups is 1. The molecular formula is C22H28F3NO4. The number of unbranched alkanes of at least 4 members (excludes halogenated alkanes) is 1. The third kappa shape index (κ3) is 5.98. The monoisotopic (exact) mass is 427 g/mol. The first-order valence-electron chi connectivity index (χ1n) is 10.5. The van der Waals surface area contributed by atoms with Gasteiger partial charge in [-0.1, -0.05) is 12.1 Å². The van der Waals surface area contributed by atoms with Crippen molar-refractivity contribution in [3.05, 3.63) is 47.2 Å². The molecule has 1 N–H and O–H groups in total. The summed E-state index contributed by atoms with van der Waals surface area (Å²) in [5.74, 6) is -0.289. The number of hydrogen-bond acceptors (Lipinski definition) is 4. The summed E-state index contributed by atoms with van der Waals surface area (Å²) < 4.78 is 50.2. The van der Waals surface area contributed by atoms with Crippen molar-refractivity contribution in [2.75, 3.05) is 26.3 Å². The Morgan fingerprint density at radius 3 is 2.47 bits per heavy atom. The Labute approximate surface area is 174 Å². The summed E-state index contributed by atoms with van der Waals surface area (Å²) >= 11 is 0. The highest BCUT2D eigenvalue weighted by Gasteiger charge is 2.33. The molecule has 1 aromatic carbocycles. The number of likely N-dealkylation sites (tertiary alicyclic amines) is 1. The fourth-order valence-corrected chi connectivity index (χ4v) is 3.74. The van der Waals surface area contributed by atoms with Gasteiger partial charge in [-0.2, -0.15) is 13.2 Å². The molecule has 0 saturated carbocycles. The summed E-state index contributed by atoms with van der Waals surface area (Å²) in [6, 6.07) is 5.01. The Morgan fingerprint density at radius 2 is 1.83 bits per heavy atom. The van der Waals surface area contributed by atoms with Gasteiger partial charge in [-0.3, -0.25) is 4.79 Å². The summed E-state index contributed by atoms with van der Waals surface area (Å²) in [6.45, 7) is 1.79. The number of rotatable bonds is 7. The van der Waals surface area contributed by atoms with Gasteiger partial charge in [0.1, 0.15) is 0 Å². The highest BCUT2D eigenvalue weighted by Crippen LogP contribution is 2.35. The maximum atomic E-state index is 12.9. The molecule has 2 aliphatic heterocycles. The molecule has 1 fully saturated rings. The van der Waals surface area contributed by atoms with Gasteiger partial charge in [-0.15, -0.1) is 0 Å². The van der Waals surface area contributed by atoms with Gasteiger partial charge in [-0.25, -0.2) is 0 Å². The van der Waals surface area contributed by atoms with Crippen molar-refractivity contribution in [3.63, 3.8) is 0 Å². The third-order valence-corrected chi connectivity index (χ3v) is 5.43. The van der Waals surface area contributed by atoms with Crippen LogP contribution in [-0.2, 0) is 20.4 Å². The van der Waals surface area contributed by atoms with Crippen LogP contribution in [0, 0.1) is 0 Å². The second-order valence-electron chi connectivity index (χ2n) is 7.69. The summed E-state index contributed by atoms with van der Waals surface area (Å²) in [6.07, 6.45) is 1.29. The SMILES string of the molecule is O=C(C1=C[C@H](c2ccc(C(F)(F)F)cc2)C[C@H](OCCCCO)O1)N1CCCCC1. The topological polar surface area (TPSA) is 59.0 Å². The zero-order chi connectivity index (χ0) is 21.6. The molecule has 2 aliphatic rings. The van der Waals surface area contributed by atoms with Crippen molar-refractivity contribution in [2.45, 2.75) is 56.9 Å². The first-order chi connectivity index (χ1) is 14.4. The standard InChI is InChI=1S/C22H28F3NO4/c23-22(24,25)18-8-6-16(7-9-18)17-14-19(21(28)26-10-2-1-3-11-26)30-20(15-17)29-13-5-4-12-27/h6-9,14,17,20,27H,1-5,10-13,15H2/t17-,20+/m0/s1. The molecule has 1 aromatic rings. The quantitative estimate of drug-likeness (QED) is 0.662. The number of allylic oxidation sites excluding steroid dienone is 1. The lowest BCUT2D eigenvalue weighted by atomic mass is 9.92. The minimum absolute atomic E-state index is 0.0711. The Bertz CT molecular complexity index is 727. The second-order valence-corrected chi connectivity index (χ2v) is 7.69.